The van der Waals surface area contributed by atoms with Crippen molar-refractivity contribution < 1.29 is 9.53 Å². The smallest absolute Gasteiger partial charge is 0.264 e. The topological polar surface area (TPSA) is 41.6 Å². The van der Waals surface area contributed by atoms with Gasteiger partial charge in [-0.25, -0.2) is 0 Å². The normalized spacial score (nSPS) is 19.2. The van der Waals surface area contributed by atoms with Crippen molar-refractivity contribution in [2.24, 2.45) is 0 Å². The number of thiophene rings is 1. The van der Waals surface area contributed by atoms with Crippen molar-refractivity contribution in [3.63, 3.8) is 0 Å². The lowest BCUT2D eigenvalue weighted by Gasteiger charge is -2.36. The number of ether oxygens (including phenoxy) is 1. The van der Waals surface area contributed by atoms with E-state index in [1.165, 1.54) is 16.9 Å². The molecular formula is C19H23ClN2O2S. The van der Waals surface area contributed by atoms with E-state index in [-0.39, 0.29) is 24.4 Å². The molecule has 134 valence electrons. The quantitative estimate of drug-likeness (QED) is 0.889. The van der Waals surface area contributed by atoms with Crippen LogP contribution in [0.1, 0.15) is 38.1 Å². The third-order valence-electron chi connectivity index (χ3n) is 4.96. The number of nitrogens with one attached hydrogen (secondary N) is 1. The summed E-state index contributed by atoms with van der Waals surface area (Å²) < 4.78 is 5.52. The van der Waals surface area contributed by atoms with Gasteiger partial charge in [0.05, 0.1) is 18.0 Å². The number of methoxy groups -OCH3 is 1. The Morgan fingerprint density at radius 1 is 1.32 bits per heavy atom. The molecule has 1 aliphatic carbocycles. The van der Waals surface area contributed by atoms with Gasteiger partial charge in [-0.05, 0) is 37.0 Å². The number of para-hydroxylation sites is 1. The summed E-state index contributed by atoms with van der Waals surface area (Å²) in [4.78, 5) is 17.5. The van der Waals surface area contributed by atoms with Gasteiger partial charge < -0.3 is 15.0 Å². The first-order valence-electron chi connectivity index (χ1n) is 8.54. The van der Waals surface area contributed by atoms with Crippen LogP contribution < -0.4 is 10.1 Å². The van der Waals surface area contributed by atoms with Crippen molar-refractivity contribution in [3.8, 4) is 5.75 Å². The largest absolute Gasteiger partial charge is 0.496 e. The number of hydrogen-bond donors (Lipinski definition) is 1. The molecular weight excluding hydrogens is 356 g/mol. The Balaban J connectivity index is 0.00000182. The van der Waals surface area contributed by atoms with Crippen molar-refractivity contribution in [2.45, 2.75) is 25.3 Å². The Bertz CT molecular complexity index is 740. The Kier molecular flexibility index (Phi) is 5.67. The SMILES string of the molecule is COc1ccccc1C1CNCCN1C(=O)c1cc2c(s1)CCC2.Cl. The third kappa shape index (κ3) is 3.41. The molecule has 6 heteroatoms. The second-order valence-corrected chi connectivity index (χ2v) is 7.51. The van der Waals surface area contributed by atoms with E-state index in [1.807, 2.05) is 23.1 Å². The monoisotopic (exact) mass is 378 g/mol. The minimum Gasteiger partial charge on any atom is -0.496 e. The van der Waals surface area contributed by atoms with Crippen molar-refractivity contribution in [2.75, 3.05) is 26.7 Å². The fourth-order valence-corrected chi connectivity index (χ4v) is 4.95. The van der Waals surface area contributed by atoms with Crippen LogP contribution in [-0.4, -0.2) is 37.6 Å². The first-order chi connectivity index (χ1) is 11.8. The second-order valence-electron chi connectivity index (χ2n) is 6.37. The molecule has 4 nitrogen and oxygen atoms in total. The van der Waals surface area contributed by atoms with E-state index in [1.54, 1.807) is 18.4 Å². The molecule has 1 N–H and O–H groups in total. The number of carbonyl (C=O) groups excluding carboxylic acids is 1. The molecule has 1 fully saturated rings. The number of rotatable bonds is 3. The lowest BCUT2D eigenvalue weighted by molar-refractivity contribution is 0.0636. The van der Waals surface area contributed by atoms with Crippen molar-refractivity contribution in [1.82, 2.24) is 10.2 Å². The minimum absolute atomic E-state index is 0. The van der Waals surface area contributed by atoms with E-state index in [9.17, 15) is 4.79 Å². The standard InChI is InChI=1S/C19H22N2O2S.ClH/c1-23-16-7-3-2-6-14(16)15-12-20-9-10-21(15)19(22)18-11-13-5-4-8-17(13)24-18;/h2-3,6-7,11,15,20H,4-5,8-10,12H2,1H3;1H. The van der Waals surface area contributed by atoms with Gasteiger partial charge in [0.15, 0.2) is 0 Å². The van der Waals surface area contributed by atoms with E-state index >= 15 is 0 Å². The molecule has 0 bridgehead atoms. The molecule has 1 unspecified atom stereocenters. The lowest BCUT2D eigenvalue weighted by Crippen LogP contribution is -2.48. The van der Waals surface area contributed by atoms with Gasteiger partial charge >= 0.3 is 0 Å². The molecule has 25 heavy (non-hydrogen) atoms. The average Bonchev–Trinajstić information content (AvgIpc) is 3.23. The third-order valence-corrected chi connectivity index (χ3v) is 6.18. The number of fused-ring (bicyclic) bond motifs is 1. The summed E-state index contributed by atoms with van der Waals surface area (Å²) in [7, 11) is 1.69. The minimum atomic E-state index is 0. The first-order valence-corrected chi connectivity index (χ1v) is 9.36. The number of benzene rings is 1. The van der Waals surface area contributed by atoms with Crippen LogP contribution in [0.4, 0.5) is 0 Å². The maximum atomic E-state index is 13.2. The van der Waals surface area contributed by atoms with Crippen molar-refractivity contribution in [1.29, 1.82) is 0 Å². The highest BCUT2D eigenvalue weighted by atomic mass is 35.5. The molecule has 0 spiro atoms. The molecule has 4 rings (SSSR count). The molecule has 1 aromatic heterocycles. The van der Waals surface area contributed by atoms with Crippen LogP contribution in [0.5, 0.6) is 5.75 Å². The van der Waals surface area contributed by atoms with Gasteiger partial charge in [0.1, 0.15) is 5.75 Å². The molecule has 2 aliphatic rings. The fraction of sp³-hybridized carbons (Fsp3) is 0.421. The second kappa shape index (κ2) is 7.77. The summed E-state index contributed by atoms with van der Waals surface area (Å²) in [6.07, 6.45) is 3.48. The van der Waals surface area contributed by atoms with Crippen LogP contribution in [0.25, 0.3) is 0 Å². The Labute approximate surface area is 158 Å². The van der Waals surface area contributed by atoms with Crippen molar-refractivity contribution in [3.05, 3.63) is 51.2 Å². The number of hydrogen-bond acceptors (Lipinski definition) is 4. The molecule has 1 amide bonds. The molecule has 1 saturated heterocycles. The Morgan fingerprint density at radius 2 is 2.16 bits per heavy atom. The van der Waals surface area contributed by atoms with Gasteiger partial charge in [0.2, 0.25) is 0 Å². The average molecular weight is 379 g/mol. The maximum Gasteiger partial charge on any atom is 0.264 e. The summed E-state index contributed by atoms with van der Waals surface area (Å²) in [5.41, 5.74) is 2.46. The van der Waals surface area contributed by atoms with Gasteiger partial charge in [-0.2, -0.15) is 0 Å². The molecule has 1 aromatic carbocycles. The van der Waals surface area contributed by atoms with Gasteiger partial charge in [0.25, 0.3) is 5.91 Å². The van der Waals surface area contributed by atoms with Gasteiger partial charge in [-0.15, -0.1) is 23.7 Å². The molecule has 0 radical (unpaired) electrons. The number of carbonyl (C=O) groups is 1. The number of piperazine rings is 1. The summed E-state index contributed by atoms with van der Waals surface area (Å²) >= 11 is 1.69. The number of aryl methyl sites for hydroxylation is 2. The summed E-state index contributed by atoms with van der Waals surface area (Å²) in [6, 6.07) is 10.1. The molecule has 1 aliphatic heterocycles. The zero-order valence-corrected chi connectivity index (χ0v) is 15.9. The predicted molar refractivity (Wildman–Crippen MR) is 103 cm³/mol. The van der Waals surface area contributed by atoms with E-state index in [0.717, 1.165) is 48.7 Å². The van der Waals surface area contributed by atoms with E-state index in [2.05, 4.69) is 17.4 Å². The van der Waals surface area contributed by atoms with Crippen LogP contribution in [0.3, 0.4) is 0 Å². The van der Waals surface area contributed by atoms with Crippen LogP contribution in [0, 0.1) is 0 Å². The summed E-state index contributed by atoms with van der Waals surface area (Å²) in [5, 5.41) is 3.41. The highest BCUT2D eigenvalue weighted by Crippen LogP contribution is 2.35. The Morgan fingerprint density at radius 3 is 2.96 bits per heavy atom. The van der Waals surface area contributed by atoms with Crippen LogP contribution >= 0.6 is 23.7 Å². The van der Waals surface area contributed by atoms with E-state index < -0.39 is 0 Å². The van der Waals surface area contributed by atoms with Gasteiger partial charge in [0, 0.05) is 30.1 Å². The molecule has 1 atom stereocenters. The van der Waals surface area contributed by atoms with E-state index in [4.69, 9.17) is 4.74 Å². The van der Waals surface area contributed by atoms with Gasteiger partial charge in [-0.1, -0.05) is 18.2 Å². The van der Waals surface area contributed by atoms with Crippen LogP contribution in [0.15, 0.2) is 30.3 Å². The van der Waals surface area contributed by atoms with Gasteiger partial charge in [-0.3, -0.25) is 4.79 Å². The zero-order chi connectivity index (χ0) is 16.5. The number of nitrogens with zero attached hydrogens (tertiary/aromatic N) is 1. The highest BCUT2D eigenvalue weighted by molar-refractivity contribution is 7.14. The predicted octanol–water partition coefficient (Wildman–Crippen LogP) is 3.45. The molecule has 0 saturated carbocycles. The first kappa shape index (κ1) is 18.2. The van der Waals surface area contributed by atoms with Crippen molar-refractivity contribution >= 4 is 29.7 Å². The lowest BCUT2D eigenvalue weighted by atomic mass is 10.0. The van der Waals surface area contributed by atoms with Crippen LogP contribution in [-0.2, 0) is 12.8 Å². The fourth-order valence-electron chi connectivity index (χ4n) is 3.74. The number of halogens is 1. The highest BCUT2D eigenvalue weighted by Gasteiger charge is 2.32. The maximum absolute atomic E-state index is 13.2. The molecule has 2 aromatic rings. The molecule has 2 heterocycles. The van der Waals surface area contributed by atoms with Crippen LogP contribution in [0.2, 0.25) is 0 Å². The Hall–Kier alpha value is -1.56. The summed E-state index contributed by atoms with van der Waals surface area (Å²) in [6.45, 7) is 2.32. The zero-order valence-electron chi connectivity index (χ0n) is 14.3. The van der Waals surface area contributed by atoms with E-state index in [0.29, 0.717) is 0 Å². The number of amides is 1. The summed E-state index contributed by atoms with van der Waals surface area (Å²) in [5.74, 6) is 1.00.